The minimum absolute atomic E-state index is 0.333. The van der Waals surface area contributed by atoms with Crippen molar-refractivity contribution in [2.24, 2.45) is 0 Å². The summed E-state index contributed by atoms with van der Waals surface area (Å²) in [5, 5.41) is 4.40. The van der Waals surface area contributed by atoms with Crippen LogP contribution in [0.5, 0.6) is 0 Å². The minimum atomic E-state index is 0.333. The summed E-state index contributed by atoms with van der Waals surface area (Å²) in [7, 11) is 0. The third kappa shape index (κ3) is 5.33. The van der Waals surface area contributed by atoms with E-state index in [4.69, 9.17) is 11.6 Å². The van der Waals surface area contributed by atoms with Gasteiger partial charge in [-0.05, 0) is 58.7 Å². The lowest BCUT2D eigenvalue weighted by molar-refractivity contribution is 0.577. The Balaban J connectivity index is 2.06. The second kappa shape index (κ2) is 8.84. The zero-order valence-corrected chi connectivity index (χ0v) is 15.1. The lowest BCUT2D eigenvalue weighted by Crippen LogP contribution is -2.24. The van der Waals surface area contributed by atoms with Gasteiger partial charge in [0.05, 0.1) is 0 Å². The average Bonchev–Trinajstić information content (AvgIpc) is 2.50. The molecule has 0 radical (unpaired) electrons. The van der Waals surface area contributed by atoms with Crippen molar-refractivity contribution in [3.63, 3.8) is 0 Å². The molecule has 0 aliphatic rings. The van der Waals surface area contributed by atoms with Gasteiger partial charge in [0.1, 0.15) is 0 Å². The second-order valence-corrected chi connectivity index (χ2v) is 7.15. The van der Waals surface area contributed by atoms with E-state index in [2.05, 4.69) is 58.5 Å². The highest BCUT2D eigenvalue weighted by molar-refractivity contribution is 9.10. The van der Waals surface area contributed by atoms with Crippen molar-refractivity contribution < 1.29 is 0 Å². The molecule has 0 heterocycles. The smallest absolute Gasteiger partial charge is 0.0415 e. The molecule has 0 fully saturated rings. The molecule has 0 bridgehead atoms. The zero-order chi connectivity index (χ0) is 15.1. The highest BCUT2D eigenvalue weighted by Gasteiger charge is 2.12. The monoisotopic (exact) mass is 383 g/mol. The normalized spacial score (nSPS) is 12.3. The van der Waals surface area contributed by atoms with Gasteiger partial charge in [-0.3, -0.25) is 0 Å². The number of rotatable bonds is 7. The van der Waals surface area contributed by atoms with E-state index >= 15 is 0 Å². The van der Waals surface area contributed by atoms with Crippen molar-refractivity contribution in [1.82, 2.24) is 5.32 Å². The van der Waals surface area contributed by atoms with Gasteiger partial charge in [-0.25, -0.2) is 0 Å². The molecule has 1 unspecified atom stereocenters. The predicted molar refractivity (Wildman–Crippen MR) is 97.4 cm³/mol. The molecule has 0 saturated carbocycles. The van der Waals surface area contributed by atoms with Crippen molar-refractivity contribution in [3.05, 3.63) is 63.6 Å². The lowest BCUT2D eigenvalue weighted by atomic mass is 10.1. The molecular formula is C17H19BrClNS. The molecule has 0 aromatic heterocycles. The molecule has 112 valence electrons. The maximum atomic E-state index is 5.98. The summed E-state index contributed by atoms with van der Waals surface area (Å²) >= 11 is 11.5. The molecule has 1 atom stereocenters. The number of nitrogens with one attached hydrogen (secondary N) is 1. The van der Waals surface area contributed by atoms with Gasteiger partial charge in [0.2, 0.25) is 0 Å². The molecule has 0 amide bonds. The number of hydrogen-bond donors (Lipinski definition) is 1. The summed E-state index contributed by atoms with van der Waals surface area (Å²) in [4.78, 5) is 1.27. The lowest BCUT2D eigenvalue weighted by Gasteiger charge is -2.19. The van der Waals surface area contributed by atoms with Crippen LogP contribution in [0, 0.1) is 0 Å². The van der Waals surface area contributed by atoms with Crippen LogP contribution < -0.4 is 5.32 Å². The first-order valence-corrected chi connectivity index (χ1v) is 9.22. The number of halogens is 2. The summed E-state index contributed by atoms with van der Waals surface area (Å²) in [6, 6.07) is 16.8. The fourth-order valence-corrected chi connectivity index (χ4v) is 3.81. The van der Waals surface area contributed by atoms with Crippen LogP contribution in [-0.4, -0.2) is 12.3 Å². The maximum absolute atomic E-state index is 5.98. The molecule has 1 nitrogen and oxygen atoms in total. The van der Waals surface area contributed by atoms with E-state index in [0.29, 0.717) is 6.04 Å². The van der Waals surface area contributed by atoms with Crippen LogP contribution in [0.4, 0.5) is 0 Å². The molecule has 1 N–H and O–H groups in total. The molecule has 2 aromatic rings. The predicted octanol–water partition coefficient (Wildman–Crippen LogP) is 5.94. The summed E-state index contributed by atoms with van der Waals surface area (Å²) in [6.07, 6.45) is 1.13. The Morgan fingerprint density at radius 2 is 1.86 bits per heavy atom. The Morgan fingerprint density at radius 1 is 1.14 bits per heavy atom. The number of thioether (sulfide) groups is 1. The SMILES string of the molecule is CCCNC(CSc1ccccc1Br)c1ccc(Cl)cc1. The van der Waals surface area contributed by atoms with Crippen molar-refractivity contribution in [1.29, 1.82) is 0 Å². The van der Waals surface area contributed by atoms with Crippen LogP contribution in [-0.2, 0) is 0 Å². The minimum Gasteiger partial charge on any atom is -0.309 e. The Kier molecular flexibility index (Phi) is 7.11. The number of benzene rings is 2. The molecular weight excluding hydrogens is 366 g/mol. The van der Waals surface area contributed by atoms with Crippen LogP contribution in [0.3, 0.4) is 0 Å². The van der Waals surface area contributed by atoms with Crippen LogP contribution in [0.1, 0.15) is 24.9 Å². The van der Waals surface area contributed by atoms with E-state index < -0.39 is 0 Å². The Labute approximate surface area is 144 Å². The summed E-state index contributed by atoms with van der Waals surface area (Å²) < 4.78 is 1.15. The van der Waals surface area contributed by atoms with Crippen molar-refractivity contribution in [2.75, 3.05) is 12.3 Å². The topological polar surface area (TPSA) is 12.0 Å². The largest absolute Gasteiger partial charge is 0.309 e. The quantitative estimate of drug-likeness (QED) is 0.593. The van der Waals surface area contributed by atoms with Gasteiger partial charge in [-0.1, -0.05) is 42.8 Å². The second-order valence-electron chi connectivity index (χ2n) is 4.80. The van der Waals surface area contributed by atoms with Crippen LogP contribution in [0.25, 0.3) is 0 Å². The van der Waals surface area contributed by atoms with Crippen LogP contribution in [0.15, 0.2) is 57.9 Å². The summed E-state index contributed by atoms with van der Waals surface area (Å²) in [6.45, 7) is 3.21. The van der Waals surface area contributed by atoms with E-state index in [9.17, 15) is 0 Å². The van der Waals surface area contributed by atoms with Gasteiger partial charge in [0, 0.05) is 26.2 Å². The molecule has 0 aliphatic heterocycles. The summed E-state index contributed by atoms with van der Waals surface area (Å²) in [5.74, 6) is 0.990. The Hall–Kier alpha value is -0.480. The van der Waals surface area contributed by atoms with Gasteiger partial charge < -0.3 is 5.32 Å². The first-order chi connectivity index (χ1) is 10.2. The third-order valence-corrected chi connectivity index (χ3v) is 5.53. The van der Waals surface area contributed by atoms with E-state index in [1.165, 1.54) is 10.5 Å². The third-order valence-electron chi connectivity index (χ3n) is 3.16. The van der Waals surface area contributed by atoms with Crippen LogP contribution in [0.2, 0.25) is 5.02 Å². The standard InChI is InChI=1S/C17H19BrClNS/c1-2-11-20-16(13-7-9-14(19)10-8-13)12-21-17-6-4-3-5-15(17)18/h3-10,16,20H,2,11-12H2,1H3. The van der Waals surface area contributed by atoms with E-state index in [1.54, 1.807) is 0 Å². The van der Waals surface area contributed by atoms with Gasteiger partial charge in [-0.15, -0.1) is 11.8 Å². The van der Waals surface area contributed by atoms with Gasteiger partial charge >= 0.3 is 0 Å². The molecule has 2 rings (SSSR count). The van der Waals surface area contributed by atoms with E-state index in [-0.39, 0.29) is 0 Å². The molecule has 4 heteroatoms. The first-order valence-electron chi connectivity index (χ1n) is 7.07. The number of hydrogen-bond acceptors (Lipinski definition) is 2. The van der Waals surface area contributed by atoms with Crippen molar-refractivity contribution in [3.8, 4) is 0 Å². The average molecular weight is 385 g/mol. The van der Waals surface area contributed by atoms with Crippen molar-refractivity contribution in [2.45, 2.75) is 24.3 Å². The first kappa shape index (κ1) is 16.9. The molecule has 0 saturated heterocycles. The Bertz CT molecular complexity index is 559. The van der Waals surface area contributed by atoms with E-state index in [1.807, 2.05) is 30.0 Å². The summed E-state index contributed by atoms with van der Waals surface area (Å²) in [5.41, 5.74) is 1.28. The Morgan fingerprint density at radius 3 is 2.52 bits per heavy atom. The fourth-order valence-electron chi connectivity index (χ4n) is 2.02. The van der Waals surface area contributed by atoms with E-state index in [0.717, 1.165) is 28.2 Å². The van der Waals surface area contributed by atoms with Crippen molar-refractivity contribution >= 4 is 39.3 Å². The molecule has 21 heavy (non-hydrogen) atoms. The fraction of sp³-hybridized carbons (Fsp3) is 0.294. The molecule has 0 aliphatic carbocycles. The highest BCUT2D eigenvalue weighted by Crippen LogP contribution is 2.30. The van der Waals surface area contributed by atoms with Crippen LogP contribution >= 0.6 is 39.3 Å². The zero-order valence-electron chi connectivity index (χ0n) is 12.0. The highest BCUT2D eigenvalue weighted by atomic mass is 79.9. The molecule has 0 spiro atoms. The maximum Gasteiger partial charge on any atom is 0.0415 e. The van der Waals surface area contributed by atoms with Gasteiger partial charge in [0.25, 0.3) is 0 Å². The molecule has 2 aromatic carbocycles. The van der Waals surface area contributed by atoms with Gasteiger partial charge in [0.15, 0.2) is 0 Å². The van der Waals surface area contributed by atoms with Gasteiger partial charge in [-0.2, -0.15) is 0 Å².